The van der Waals surface area contributed by atoms with Crippen molar-refractivity contribution in [3.63, 3.8) is 0 Å². The van der Waals surface area contributed by atoms with Crippen LogP contribution in [0.5, 0.6) is 0 Å². The minimum atomic E-state index is -0.474. The number of carbonyl (C=O) groups is 1. The van der Waals surface area contributed by atoms with Crippen molar-refractivity contribution in [2.75, 3.05) is 7.11 Å². The highest BCUT2D eigenvalue weighted by molar-refractivity contribution is 5.89. The largest absolute Gasteiger partial charge is 0.465 e. The molecule has 0 saturated carbocycles. The van der Waals surface area contributed by atoms with E-state index in [9.17, 15) is 13.6 Å². The van der Waals surface area contributed by atoms with Gasteiger partial charge < -0.3 is 10.1 Å². The summed E-state index contributed by atoms with van der Waals surface area (Å²) in [5.41, 5.74) is 1.57. The van der Waals surface area contributed by atoms with Crippen molar-refractivity contribution in [2.24, 2.45) is 0 Å². The van der Waals surface area contributed by atoms with Crippen molar-refractivity contribution < 1.29 is 18.3 Å². The lowest BCUT2D eigenvalue weighted by Crippen LogP contribution is -2.19. The van der Waals surface area contributed by atoms with Gasteiger partial charge in [0, 0.05) is 18.2 Å². The summed E-state index contributed by atoms with van der Waals surface area (Å²) in [5.74, 6) is -1.34. The molecule has 0 aliphatic carbocycles. The minimum Gasteiger partial charge on any atom is -0.465 e. The molecular formula is C17H17F2NO2. The Bertz CT molecular complexity index is 673. The molecule has 2 aromatic rings. The molecule has 3 nitrogen and oxygen atoms in total. The van der Waals surface area contributed by atoms with E-state index < -0.39 is 17.6 Å². The molecule has 0 aromatic heterocycles. The standard InChI is InChI=1S/C17H17F2NO2/c1-11(15-9-14(18)6-7-16(15)19)20-10-12-4-3-5-13(8-12)17(21)22-2/h3-9,11,20H,10H2,1-2H3/t11-/m0/s1. The summed E-state index contributed by atoms with van der Waals surface area (Å²) in [6.45, 7) is 2.17. The van der Waals surface area contributed by atoms with E-state index in [-0.39, 0.29) is 11.6 Å². The third-order valence-electron chi connectivity index (χ3n) is 3.39. The Morgan fingerprint density at radius 1 is 1.23 bits per heavy atom. The van der Waals surface area contributed by atoms with Gasteiger partial charge in [-0.15, -0.1) is 0 Å². The van der Waals surface area contributed by atoms with Crippen LogP contribution in [0.25, 0.3) is 0 Å². The number of halogens is 2. The van der Waals surface area contributed by atoms with E-state index in [0.29, 0.717) is 12.1 Å². The first-order valence-electron chi connectivity index (χ1n) is 6.87. The van der Waals surface area contributed by atoms with Crippen molar-refractivity contribution in [1.29, 1.82) is 0 Å². The fourth-order valence-electron chi connectivity index (χ4n) is 2.15. The highest BCUT2D eigenvalue weighted by Gasteiger charge is 2.12. The first-order chi connectivity index (χ1) is 10.5. The molecule has 2 rings (SSSR count). The van der Waals surface area contributed by atoms with Gasteiger partial charge in [-0.05, 0) is 42.8 Å². The SMILES string of the molecule is COC(=O)c1cccc(CN[C@@H](C)c2cc(F)ccc2F)c1. The highest BCUT2D eigenvalue weighted by atomic mass is 19.1. The molecule has 0 saturated heterocycles. The highest BCUT2D eigenvalue weighted by Crippen LogP contribution is 2.18. The van der Waals surface area contributed by atoms with Gasteiger partial charge in [-0.2, -0.15) is 0 Å². The second kappa shape index (κ2) is 7.13. The predicted molar refractivity (Wildman–Crippen MR) is 79.4 cm³/mol. The lowest BCUT2D eigenvalue weighted by atomic mass is 10.1. The predicted octanol–water partition coefficient (Wildman–Crippen LogP) is 3.60. The number of hydrogen-bond acceptors (Lipinski definition) is 3. The lowest BCUT2D eigenvalue weighted by molar-refractivity contribution is 0.0600. The molecule has 0 unspecified atom stereocenters. The van der Waals surface area contributed by atoms with Gasteiger partial charge in [-0.3, -0.25) is 0 Å². The Hall–Kier alpha value is -2.27. The van der Waals surface area contributed by atoms with E-state index in [2.05, 4.69) is 10.1 Å². The summed E-state index contributed by atoms with van der Waals surface area (Å²) in [5, 5.41) is 3.11. The van der Waals surface area contributed by atoms with Gasteiger partial charge in [0.1, 0.15) is 11.6 Å². The Morgan fingerprint density at radius 3 is 2.73 bits per heavy atom. The molecule has 0 heterocycles. The molecule has 1 atom stereocenters. The third kappa shape index (κ3) is 3.89. The van der Waals surface area contributed by atoms with Crippen molar-refractivity contribution >= 4 is 5.97 Å². The maximum Gasteiger partial charge on any atom is 0.337 e. The van der Waals surface area contributed by atoms with Gasteiger partial charge in [0.15, 0.2) is 0 Å². The summed E-state index contributed by atoms with van der Waals surface area (Å²) >= 11 is 0. The van der Waals surface area contributed by atoms with Crippen molar-refractivity contribution in [1.82, 2.24) is 5.32 Å². The Labute approximate surface area is 127 Å². The van der Waals surface area contributed by atoms with Gasteiger partial charge in [0.2, 0.25) is 0 Å². The van der Waals surface area contributed by atoms with Gasteiger partial charge in [0.25, 0.3) is 0 Å². The number of methoxy groups -OCH3 is 1. The number of rotatable bonds is 5. The Kier molecular flexibility index (Phi) is 5.22. The Balaban J connectivity index is 2.06. The maximum absolute atomic E-state index is 13.7. The molecule has 0 amide bonds. The van der Waals surface area contributed by atoms with Crippen LogP contribution < -0.4 is 5.32 Å². The maximum atomic E-state index is 13.7. The summed E-state index contributed by atoms with van der Waals surface area (Å²) in [4.78, 5) is 11.5. The summed E-state index contributed by atoms with van der Waals surface area (Å²) in [6, 6.07) is 9.96. The second-order valence-electron chi connectivity index (χ2n) is 4.96. The third-order valence-corrected chi connectivity index (χ3v) is 3.39. The van der Waals surface area contributed by atoms with Crippen LogP contribution in [-0.4, -0.2) is 13.1 Å². The number of esters is 1. The Morgan fingerprint density at radius 2 is 2.00 bits per heavy atom. The summed E-state index contributed by atoms with van der Waals surface area (Å²) in [6.07, 6.45) is 0. The monoisotopic (exact) mass is 305 g/mol. The molecule has 5 heteroatoms. The fourth-order valence-corrected chi connectivity index (χ4v) is 2.15. The zero-order valence-electron chi connectivity index (χ0n) is 12.4. The van der Waals surface area contributed by atoms with E-state index >= 15 is 0 Å². The molecule has 0 bridgehead atoms. The molecule has 1 N–H and O–H groups in total. The second-order valence-corrected chi connectivity index (χ2v) is 4.96. The zero-order valence-corrected chi connectivity index (χ0v) is 12.4. The average molecular weight is 305 g/mol. The first-order valence-corrected chi connectivity index (χ1v) is 6.87. The number of nitrogens with one attached hydrogen (secondary N) is 1. The topological polar surface area (TPSA) is 38.3 Å². The first kappa shape index (κ1) is 16.1. The average Bonchev–Trinajstić information content (AvgIpc) is 2.54. The van der Waals surface area contributed by atoms with Crippen LogP contribution in [0.3, 0.4) is 0 Å². The van der Waals surface area contributed by atoms with Crippen LogP contribution in [0, 0.1) is 11.6 Å². The van der Waals surface area contributed by atoms with Crippen molar-refractivity contribution in [2.45, 2.75) is 19.5 Å². The number of ether oxygens (including phenoxy) is 1. The van der Waals surface area contributed by atoms with Crippen LogP contribution in [0.15, 0.2) is 42.5 Å². The molecule has 0 fully saturated rings. The molecule has 0 aliphatic rings. The van der Waals surface area contributed by atoms with Crippen LogP contribution in [0.4, 0.5) is 8.78 Å². The number of carbonyl (C=O) groups excluding carboxylic acids is 1. The van der Waals surface area contributed by atoms with Crippen LogP contribution in [-0.2, 0) is 11.3 Å². The van der Waals surface area contributed by atoms with Crippen LogP contribution in [0.2, 0.25) is 0 Å². The fraction of sp³-hybridized carbons (Fsp3) is 0.235. The zero-order chi connectivity index (χ0) is 16.1. The van der Waals surface area contributed by atoms with Crippen molar-refractivity contribution in [3.8, 4) is 0 Å². The van der Waals surface area contributed by atoms with E-state index in [1.807, 2.05) is 6.07 Å². The number of benzene rings is 2. The number of hydrogen-bond donors (Lipinski definition) is 1. The van der Waals surface area contributed by atoms with Crippen LogP contribution >= 0.6 is 0 Å². The van der Waals surface area contributed by atoms with E-state index in [1.165, 1.54) is 13.2 Å². The van der Waals surface area contributed by atoms with E-state index in [0.717, 1.165) is 17.7 Å². The van der Waals surface area contributed by atoms with Gasteiger partial charge in [0.05, 0.1) is 12.7 Å². The minimum absolute atomic E-state index is 0.268. The van der Waals surface area contributed by atoms with Gasteiger partial charge in [-0.1, -0.05) is 12.1 Å². The molecular weight excluding hydrogens is 288 g/mol. The summed E-state index contributed by atoms with van der Waals surface area (Å²) < 4.78 is 31.6. The van der Waals surface area contributed by atoms with Gasteiger partial charge >= 0.3 is 5.97 Å². The normalized spacial score (nSPS) is 12.0. The van der Waals surface area contributed by atoms with Crippen molar-refractivity contribution in [3.05, 3.63) is 70.8 Å². The molecule has 0 radical (unpaired) electrons. The molecule has 2 aromatic carbocycles. The van der Waals surface area contributed by atoms with Gasteiger partial charge in [-0.25, -0.2) is 13.6 Å². The molecule has 0 spiro atoms. The molecule has 116 valence electrons. The summed E-state index contributed by atoms with van der Waals surface area (Å²) in [7, 11) is 1.32. The molecule has 22 heavy (non-hydrogen) atoms. The van der Waals surface area contributed by atoms with Crippen LogP contribution in [0.1, 0.15) is 34.5 Å². The smallest absolute Gasteiger partial charge is 0.337 e. The van der Waals surface area contributed by atoms with E-state index in [4.69, 9.17) is 0 Å². The lowest BCUT2D eigenvalue weighted by Gasteiger charge is -2.15. The quantitative estimate of drug-likeness (QED) is 0.858. The van der Waals surface area contributed by atoms with E-state index in [1.54, 1.807) is 25.1 Å². The molecule has 0 aliphatic heterocycles.